The molecule has 0 spiro atoms. The first-order valence-corrected chi connectivity index (χ1v) is 8.31. The number of rotatable bonds is 6. The number of ether oxygens (including phenoxy) is 1. The van der Waals surface area contributed by atoms with Crippen LogP contribution in [0.5, 0.6) is 11.5 Å². The molecule has 0 aliphatic rings. The second-order valence-electron chi connectivity index (χ2n) is 5.10. The standard InChI is InChI=1S/C18H19BrN2O3/c1-3-24-16-6-4-5-13(18(16)23)10-20-11-17(22)21-15-8-7-14(19)9-12(15)2/h4-10,23H,3,11H2,1-2H3,(H,21,22). The molecule has 126 valence electrons. The average Bonchev–Trinajstić information content (AvgIpc) is 2.54. The Bertz CT molecular complexity index is 760. The summed E-state index contributed by atoms with van der Waals surface area (Å²) in [6.07, 6.45) is 1.46. The quantitative estimate of drug-likeness (QED) is 0.734. The Morgan fingerprint density at radius 3 is 2.88 bits per heavy atom. The summed E-state index contributed by atoms with van der Waals surface area (Å²) < 4.78 is 6.27. The van der Waals surface area contributed by atoms with Gasteiger partial charge in [-0.15, -0.1) is 0 Å². The molecule has 0 unspecified atom stereocenters. The molecule has 2 N–H and O–H groups in total. The lowest BCUT2D eigenvalue weighted by molar-refractivity contribution is -0.114. The minimum atomic E-state index is -0.225. The number of phenols is 1. The zero-order valence-electron chi connectivity index (χ0n) is 13.5. The number of anilines is 1. The van der Waals surface area contributed by atoms with Crippen LogP contribution in [0.25, 0.3) is 0 Å². The van der Waals surface area contributed by atoms with Gasteiger partial charge < -0.3 is 15.2 Å². The number of aryl methyl sites for hydroxylation is 1. The number of benzene rings is 2. The third kappa shape index (κ3) is 4.83. The topological polar surface area (TPSA) is 70.9 Å². The first-order valence-electron chi connectivity index (χ1n) is 7.52. The Morgan fingerprint density at radius 1 is 1.38 bits per heavy atom. The molecule has 0 bridgehead atoms. The fourth-order valence-corrected chi connectivity index (χ4v) is 2.57. The van der Waals surface area contributed by atoms with Crippen LogP contribution in [0.3, 0.4) is 0 Å². The molecule has 0 saturated carbocycles. The average molecular weight is 391 g/mol. The zero-order chi connectivity index (χ0) is 17.5. The van der Waals surface area contributed by atoms with E-state index in [1.165, 1.54) is 6.21 Å². The molecule has 2 aromatic carbocycles. The van der Waals surface area contributed by atoms with Crippen LogP contribution in [0.1, 0.15) is 18.1 Å². The maximum atomic E-state index is 12.0. The summed E-state index contributed by atoms with van der Waals surface area (Å²) in [4.78, 5) is 16.1. The van der Waals surface area contributed by atoms with E-state index in [0.29, 0.717) is 17.9 Å². The molecule has 0 heterocycles. The summed E-state index contributed by atoms with van der Waals surface area (Å²) in [6, 6.07) is 10.8. The minimum absolute atomic E-state index is 0.0206. The third-order valence-corrected chi connectivity index (χ3v) is 3.75. The maximum absolute atomic E-state index is 12.0. The van der Waals surface area contributed by atoms with Crippen molar-refractivity contribution in [1.82, 2.24) is 0 Å². The van der Waals surface area contributed by atoms with E-state index in [4.69, 9.17) is 4.74 Å². The van der Waals surface area contributed by atoms with Crippen molar-refractivity contribution in [2.75, 3.05) is 18.5 Å². The second kappa shape index (κ2) is 8.49. The minimum Gasteiger partial charge on any atom is -0.504 e. The molecule has 0 atom stereocenters. The molecular formula is C18H19BrN2O3. The molecule has 5 nitrogen and oxygen atoms in total. The van der Waals surface area contributed by atoms with Crippen LogP contribution >= 0.6 is 15.9 Å². The SMILES string of the molecule is CCOc1cccc(C=NCC(=O)Nc2ccc(Br)cc2C)c1O. The summed E-state index contributed by atoms with van der Waals surface area (Å²) in [7, 11) is 0. The lowest BCUT2D eigenvalue weighted by Crippen LogP contribution is -2.15. The molecule has 0 aliphatic carbocycles. The molecule has 1 amide bonds. The van der Waals surface area contributed by atoms with Gasteiger partial charge in [0.1, 0.15) is 6.54 Å². The van der Waals surface area contributed by atoms with Crippen LogP contribution < -0.4 is 10.1 Å². The van der Waals surface area contributed by atoms with Gasteiger partial charge in [0.2, 0.25) is 5.91 Å². The van der Waals surface area contributed by atoms with Crippen molar-refractivity contribution < 1.29 is 14.6 Å². The van der Waals surface area contributed by atoms with Crippen molar-refractivity contribution in [1.29, 1.82) is 0 Å². The largest absolute Gasteiger partial charge is 0.504 e. The zero-order valence-corrected chi connectivity index (χ0v) is 15.1. The number of carbonyl (C=O) groups excluding carboxylic acids is 1. The van der Waals surface area contributed by atoms with Crippen molar-refractivity contribution >= 4 is 33.7 Å². The molecule has 24 heavy (non-hydrogen) atoms. The van der Waals surface area contributed by atoms with Gasteiger partial charge in [0.05, 0.1) is 6.61 Å². The first kappa shape index (κ1) is 18.0. The summed E-state index contributed by atoms with van der Waals surface area (Å²) in [6.45, 7) is 4.19. The van der Waals surface area contributed by atoms with E-state index < -0.39 is 0 Å². The smallest absolute Gasteiger partial charge is 0.246 e. The predicted molar refractivity (Wildman–Crippen MR) is 99.2 cm³/mol. The fraction of sp³-hybridized carbons (Fsp3) is 0.222. The van der Waals surface area contributed by atoms with Crippen LogP contribution in [0.4, 0.5) is 5.69 Å². The molecule has 0 aromatic heterocycles. The van der Waals surface area contributed by atoms with Crippen LogP contribution in [0.2, 0.25) is 0 Å². The fourth-order valence-electron chi connectivity index (χ4n) is 2.10. The Hall–Kier alpha value is -2.34. The number of para-hydroxylation sites is 1. The third-order valence-electron chi connectivity index (χ3n) is 3.26. The van der Waals surface area contributed by atoms with E-state index >= 15 is 0 Å². The normalized spacial score (nSPS) is 10.8. The molecule has 0 aliphatic heterocycles. The van der Waals surface area contributed by atoms with E-state index in [2.05, 4.69) is 26.2 Å². The summed E-state index contributed by atoms with van der Waals surface area (Å²) in [5, 5.41) is 12.9. The second-order valence-corrected chi connectivity index (χ2v) is 6.02. The molecule has 0 radical (unpaired) electrons. The van der Waals surface area contributed by atoms with E-state index in [-0.39, 0.29) is 18.2 Å². The van der Waals surface area contributed by atoms with Gasteiger partial charge >= 0.3 is 0 Å². The number of nitrogens with one attached hydrogen (secondary N) is 1. The Labute approximate surface area is 149 Å². The van der Waals surface area contributed by atoms with Crippen LogP contribution in [0, 0.1) is 6.92 Å². The van der Waals surface area contributed by atoms with E-state index in [1.54, 1.807) is 18.2 Å². The molecular weight excluding hydrogens is 372 g/mol. The molecule has 2 rings (SSSR count). The van der Waals surface area contributed by atoms with Crippen molar-refractivity contribution in [3.63, 3.8) is 0 Å². The molecule has 0 fully saturated rings. The van der Waals surface area contributed by atoms with E-state index in [9.17, 15) is 9.90 Å². The number of nitrogens with zero attached hydrogens (tertiary/aromatic N) is 1. The number of phenolic OH excluding ortho intramolecular Hbond substituents is 1. The van der Waals surface area contributed by atoms with Crippen LogP contribution in [-0.2, 0) is 4.79 Å². The van der Waals surface area contributed by atoms with E-state index in [1.807, 2.05) is 32.0 Å². The summed E-state index contributed by atoms with van der Waals surface area (Å²) in [5.74, 6) is 0.195. The molecule has 6 heteroatoms. The number of halogens is 1. The predicted octanol–water partition coefficient (Wildman–Crippen LogP) is 3.92. The van der Waals surface area contributed by atoms with Gasteiger partial charge in [-0.1, -0.05) is 22.0 Å². The van der Waals surface area contributed by atoms with Crippen molar-refractivity contribution in [3.05, 3.63) is 52.0 Å². The number of aromatic hydroxyl groups is 1. The lowest BCUT2D eigenvalue weighted by Gasteiger charge is -2.08. The van der Waals surface area contributed by atoms with Gasteiger partial charge in [-0.3, -0.25) is 9.79 Å². The van der Waals surface area contributed by atoms with Gasteiger partial charge in [0.25, 0.3) is 0 Å². The van der Waals surface area contributed by atoms with Crippen LogP contribution in [0.15, 0.2) is 45.9 Å². The number of amides is 1. The lowest BCUT2D eigenvalue weighted by atomic mass is 10.2. The number of aliphatic imine (C=N–C) groups is 1. The number of hydrogen-bond acceptors (Lipinski definition) is 4. The van der Waals surface area contributed by atoms with Crippen LogP contribution in [-0.4, -0.2) is 30.4 Å². The van der Waals surface area contributed by atoms with Gasteiger partial charge in [-0.25, -0.2) is 0 Å². The molecule has 0 saturated heterocycles. The maximum Gasteiger partial charge on any atom is 0.246 e. The Kier molecular flexibility index (Phi) is 6.37. The number of hydrogen-bond donors (Lipinski definition) is 2. The highest BCUT2D eigenvalue weighted by Gasteiger charge is 2.07. The highest BCUT2D eigenvalue weighted by molar-refractivity contribution is 9.10. The highest BCUT2D eigenvalue weighted by atomic mass is 79.9. The number of carbonyl (C=O) groups is 1. The molecule has 2 aromatic rings. The van der Waals surface area contributed by atoms with Gasteiger partial charge in [-0.05, 0) is 49.7 Å². The van der Waals surface area contributed by atoms with E-state index in [0.717, 1.165) is 15.7 Å². The first-order chi connectivity index (χ1) is 11.5. The highest BCUT2D eigenvalue weighted by Crippen LogP contribution is 2.28. The summed E-state index contributed by atoms with van der Waals surface area (Å²) in [5.41, 5.74) is 2.22. The van der Waals surface area contributed by atoms with Crippen molar-refractivity contribution in [2.24, 2.45) is 4.99 Å². The van der Waals surface area contributed by atoms with Gasteiger partial charge in [0.15, 0.2) is 11.5 Å². The van der Waals surface area contributed by atoms with Gasteiger partial charge in [0, 0.05) is 21.9 Å². The van der Waals surface area contributed by atoms with Crippen molar-refractivity contribution in [3.8, 4) is 11.5 Å². The Balaban J connectivity index is 1.98. The van der Waals surface area contributed by atoms with Gasteiger partial charge in [-0.2, -0.15) is 0 Å². The Morgan fingerprint density at radius 2 is 2.17 bits per heavy atom. The monoisotopic (exact) mass is 390 g/mol. The summed E-state index contributed by atoms with van der Waals surface area (Å²) >= 11 is 3.38. The van der Waals surface area contributed by atoms with Crippen molar-refractivity contribution in [2.45, 2.75) is 13.8 Å².